The lowest BCUT2D eigenvalue weighted by atomic mass is 10.1. The minimum Gasteiger partial charge on any atom is -0.398 e. The van der Waals surface area contributed by atoms with Crippen molar-refractivity contribution in [1.82, 2.24) is 9.97 Å². The van der Waals surface area contributed by atoms with E-state index in [1.807, 2.05) is 56.3 Å². The maximum atomic E-state index is 5.99. The van der Waals surface area contributed by atoms with Crippen LogP contribution < -0.4 is 5.73 Å². The highest BCUT2D eigenvalue weighted by Gasteiger charge is 2.10. The van der Waals surface area contributed by atoms with E-state index in [9.17, 15) is 0 Å². The van der Waals surface area contributed by atoms with Gasteiger partial charge in [0.2, 0.25) is 0 Å². The first-order valence-corrected chi connectivity index (χ1v) is 6.63. The van der Waals surface area contributed by atoms with E-state index in [1.165, 1.54) is 0 Å². The van der Waals surface area contributed by atoms with Gasteiger partial charge in [0, 0.05) is 22.5 Å². The summed E-state index contributed by atoms with van der Waals surface area (Å²) in [6.07, 6.45) is 0. The van der Waals surface area contributed by atoms with Crippen molar-refractivity contribution in [2.45, 2.75) is 13.8 Å². The Morgan fingerprint density at radius 1 is 0.950 bits per heavy atom. The van der Waals surface area contributed by atoms with Gasteiger partial charge in [-0.1, -0.05) is 42.5 Å². The van der Waals surface area contributed by atoms with E-state index in [2.05, 4.69) is 11.1 Å². The Bertz CT molecular complexity index is 742. The maximum Gasteiger partial charge on any atom is 0.138 e. The average Bonchev–Trinajstić information content (AvgIpc) is 2.85. The van der Waals surface area contributed by atoms with Gasteiger partial charge in [0.05, 0.1) is 5.69 Å². The Morgan fingerprint density at radius 2 is 1.70 bits per heavy atom. The standard InChI is InChI=1S/C17H17N3/c1-11-8-9-14(10-15(11)18)16-12(2)19-17(20-16)13-6-4-3-5-7-13/h3-10H,18H2,1-2H3,(H,19,20). The highest BCUT2D eigenvalue weighted by Crippen LogP contribution is 2.27. The number of aromatic amines is 1. The molecule has 0 aliphatic carbocycles. The number of anilines is 1. The zero-order valence-electron chi connectivity index (χ0n) is 11.6. The van der Waals surface area contributed by atoms with E-state index in [0.717, 1.165) is 39.6 Å². The van der Waals surface area contributed by atoms with Crippen LogP contribution in [0.4, 0.5) is 5.69 Å². The molecule has 0 saturated carbocycles. The molecule has 1 aromatic heterocycles. The van der Waals surface area contributed by atoms with Crippen LogP contribution in [0.15, 0.2) is 48.5 Å². The zero-order valence-corrected chi connectivity index (χ0v) is 11.6. The molecule has 0 unspecified atom stereocenters. The lowest BCUT2D eigenvalue weighted by Crippen LogP contribution is -1.90. The summed E-state index contributed by atoms with van der Waals surface area (Å²) < 4.78 is 0. The Hall–Kier alpha value is -2.55. The van der Waals surface area contributed by atoms with E-state index in [0.29, 0.717) is 0 Å². The van der Waals surface area contributed by atoms with Crippen molar-refractivity contribution < 1.29 is 0 Å². The molecule has 3 nitrogen and oxygen atoms in total. The third-order valence-corrected chi connectivity index (χ3v) is 3.48. The number of nitrogens with one attached hydrogen (secondary N) is 1. The number of aryl methyl sites for hydroxylation is 2. The SMILES string of the molecule is Cc1ccc(-c2nc(-c3ccccc3)[nH]c2C)cc1N. The third kappa shape index (κ3) is 2.18. The molecule has 0 amide bonds. The number of H-pyrrole nitrogens is 1. The summed E-state index contributed by atoms with van der Waals surface area (Å²) in [5.74, 6) is 0.886. The summed E-state index contributed by atoms with van der Waals surface area (Å²) in [6.45, 7) is 4.04. The summed E-state index contributed by atoms with van der Waals surface area (Å²) in [6, 6.07) is 16.2. The van der Waals surface area contributed by atoms with Gasteiger partial charge in [-0.3, -0.25) is 0 Å². The summed E-state index contributed by atoms with van der Waals surface area (Å²) in [5, 5.41) is 0. The lowest BCUT2D eigenvalue weighted by molar-refractivity contribution is 1.26. The average molecular weight is 263 g/mol. The first-order valence-electron chi connectivity index (χ1n) is 6.63. The summed E-state index contributed by atoms with van der Waals surface area (Å²) in [4.78, 5) is 8.05. The Balaban J connectivity index is 2.07. The van der Waals surface area contributed by atoms with Gasteiger partial charge in [0.15, 0.2) is 0 Å². The van der Waals surface area contributed by atoms with Gasteiger partial charge in [-0.25, -0.2) is 4.98 Å². The van der Waals surface area contributed by atoms with Crippen LogP contribution in [0.25, 0.3) is 22.6 Å². The number of nitrogens with zero attached hydrogens (tertiary/aromatic N) is 1. The molecule has 2 aromatic carbocycles. The van der Waals surface area contributed by atoms with Crippen LogP contribution in [0.2, 0.25) is 0 Å². The molecule has 0 aliphatic heterocycles. The van der Waals surface area contributed by atoms with Gasteiger partial charge in [0.1, 0.15) is 5.82 Å². The van der Waals surface area contributed by atoms with Crippen molar-refractivity contribution in [3.63, 3.8) is 0 Å². The van der Waals surface area contributed by atoms with E-state index in [-0.39, 0.29) is 0 Å². The van der Waals surface area contributed by atoms with Crippen molar-refractivity contribution in [2.75, 3.05) is 5.73 Å². The fourth-order valence-corrected chi connectivity index (χ4v) is 2.26. The molecule has 0 aliphatic rings. The van der Waals surface area contributed by atoms with Gasteiger partial charge < -0.3 is 10.7 Å². The molecule has 0 radical (unpaired) electrons. The number of hydrogen-bond donors (Lipinski definition) is 2. The Kier molecular flexibility index (Phi) is 3.03. The summed E-state index contributed by atoms with van der Waals surface area (Å²) in [5.41, 5.74) is 12.0. The van der Waals surface area contributed by atoms with Gasteiger partial charge in [-0.2, -0.15) is 0 Å². The molecule has 3 N–H and O–H groups in total. The van der Waals surface area contributed by atoms with E-state index in [4.69, 9.17) is 10.7 Å². The number of hydrogen-bond acceptors (Lipinski definition) is 2. The monoisotopic (exact) mass is 263 g/mol. The van der Waals surface area contributed by atoms with Crippen molar-refractivity contribution in [1.29, 1.82) is 0 Å². The normalized spacial score (nSPS) is 10.7. The number of rotatable bonds is 2. The summed E-state index contributed by atoms with van der Waals surface area (Å²) in [7, 11) is 0. The molecular formula is C17H17N3. The first kappa shape index (κ1) is 12.5. The number of nitrogens with two attached hydrogens (primary N) is 1. The van der Waals surface area contributed by atoms with Crippen LogP contribution in [0.3, 0.4) is 0 Å². The second-order valence-electron chi connectivity index (χ2n) is 5.00. The highest BCUT2D eigenvalue weighted by molar-refractivity contribution is 5.70. The molecule has 100 valence electrons. The maximum absolute atomic E-state index is 5.99. The fourth-order valence-electron chi connectivity index (χ4n) is 2.26. The second-order valence-corrected chi connectivity index (χ2v) is 5.00. The third-order valence-electron chi connectivity index (χ3n) is 3.48. The molecule has 1 heterocycles. The molecule has 3 heteroatoms. The van der Waals surface area contributed by atoms with Crippen molar-refractivity contribution in [2.24, 2.45) is 0 Å². The topological polar surface area (TPSA) is 54.7 Å². The van der Waals surface area contributed by atoms with Crippen LogP contribution in [0.5, 0.6) is 0 Å². The molecule has 0 atom stereocenters. The number of imidazole rings is 1. The van der Waals surface area contributed by atoms with Crippen LogP contribution in [0, 0.1) is 13.8 Å². The van der Waals surface area contributed by atoms with Crippen LogP contribution >= 0.6 is 0 Å². The molecule has 0 saturated heterocycles. The van der Waals surface area contributed by atoms with Crippen molar-refractivity contribution >= 4 is 5.69 Å². The van der Waals surface area contributed by atoms with E-state index >= 15 is 0 Å². The minimum atomic E-state index is 0.797. The minimum absolute atomic E-state index is 0.797. The number of nitrogen functional groups attached to an aromatic ring is 1. The predicted octanol–water partition coefficient (Wildman–Crippen LogP) is 3.94. The van der Waals surface area contributed by atoms with Crippen LogP contribution in [-0.4, -0.2) is 9.97 Å². The zero-order chi connectivity index (χ0) is 14.1. The number of aromatic nitrogens is 2. The van der Waals surface area contributed by atoms with Crippen LogP contribution in [0.1, 0.15) is 11.3 Å². The van der Waals surface area contributed by atoms with Gasteiger partial charge in [-0.15, -0.1) is 0 Å². The van der Waals surface area contributed by atoms with Gasteiger partial charge >= 0.3 is 0 Å². The predicted molar refractivity (Wildman–Crippen MR) is 83.3 cm³/mol. The van der Waals surface area contributed by atoms with Crippen LogP contribution in [-0.2, 0) is 0 Å². The molecule has 0 bridgehead atoms. The Morgan fingerprint density at radius 3 is 2.40 bits per heavy atom. The largest absolute Gasteiger partial charge is 0.398 e. The van der Waals surface area contributed by atoms with Gasteiger partial charge in [0.25, 0.3) is 0 Å². The van der Waals surface area contributed by atoms with Gasteiger partial charge in [-0.05, 0) is 25.5 Å². The molecular weight excluding hydrogens is 246 g/mol. The molecule has 3 aromatic rings. The smallest absolute Gasteiger partial charge is 0.138 e. The number of benzene rings is 2. The van der Waals surface area contributed by atoms with E-state index in [1.54, 1.807) is 0 Å². The molecule has 0 fully saturated rings. The fraction of sp³-hybridized carbons (Fsp3) is 0.118. The lowest BCUT2D eigenvalue weighted by Gasteiger charge is -2.03. The molecule has 20 heavy (non-hydrogen) atoms. The highest BCUT2D eigenvalue weighted by atomic mass is 14.9. The first-order chi connectivity index (χ1) is 9.65. The van der Waals surface area contributed by atoms with Crippen molar-refractivity contribution in [3.8, 4) is 22.6 Å². The molecule has 3 rings (SSSR count). The molecule has 0 spiro atoms. The quantitative estimate of drug-likeness (QED) is 0.688. The van der Waals surface area contributed by atoms with Crippen molar-refractivity contribution in [3.05, 3.63) is 59.8 Å². The second kappa shape index (κ2) is 4.85. The summed E-state index contributed by atoms with van der Waals surface area (Å²) >= 11 is 0. The Labute approximate surface area is 118 Å². The van der Waals surface area contributed by atoms with E-state index < -0.39 is 0 Å².